The van der Waals surface area contributed by atoms with E-state index in [2.05, 4.69) is 0 Å². The lowest BCUT2D eigenvalue weighted by Crippen LogP contribution is -2.01. The standard InChI is InChI=1S/C14H11ClF2O/c1-9-5-6-10(16)7-14(9)18-8-11-12(15)3-2-4-13(11)17/h2-7H,8H2,1H3. The van der Waals surface area contributed by atoms with Crippen molar-refractivity contribution < 1.29 is 13.5 Å². The van der Waals surface area contributed by atoms with Gasteiger partial charge in [-0.1, -0.05) is 23.7 Å². The lowest BCUT2D eigenvalue weighted by Gasteiger charge is -2.10. The number of benzene rings is 2. The number of halogens is 3. The number of hydrogen-bond acceptors (Lipinski definition) is 1. The van der Waals surface area contributed by atoms with E-state index >= 15 is 0 Å². The summed E-state index contributed by atoms with van der Waals surface area (Å²) in [6.07, 6.45) is 0. The van der Waals surface area contributed by atoms with Crippen molar-refractivity contribution >= 4 is 11.6 Å². The maximum absolute atomic E-state index is 13.5. The molecule has 2 rings (SSSR count). The SMILES string of the molecule is Cc1ccc(F)cc1OCc1c(F)cccc1Cl. The van der Waals surface area contributed by atoms with E-state index in [0.29, 0.717) is 10.8 Å². The fourth-order valence-electron chi connectivity index (χ4n) is 1.55. The topological polar surface area (TPSA) is 9.23 Å². The second-order valence-electron chi connectivity index (χ2n) is 3.90. The molecule has 0 bridgehead atoms. The van der Waals surface area contributed by atoms with Crippen LogP contribution >= 0.6 is 11.6 Å². The Bertz CT molecular complexity index is 549. The molecule has 0 unspecified atom stereocenters. The summed E-state index contributed by atoms with van der Waals surface area (Å²) in [4.78, 5) is 0. The van der Waals surface area contributed by atoms with Gasteiger partial charge in [0.1, 0.15) is 24.0 Å². The number of rotatable bonds is 3. The average Bonchev–Trinajstić information content (AvgIpc) is 2.33. The Labute approximate surface area is 109 Å². The summed E-state index contributed by atoms with van der Waals surface area (Å²) in [5.74, 6) is -0.443. The molecule has 0 aliphatic rings. The zero-order valence-corrected chi connectivity index (χ0v) is 10.5. The molecule has 0 spiro atoms. The van der Waals surface area contributed by atoms with Crippen LogP contribution in [0.2, 0.25) is 5.02 Å². The minimum atomic E-state index is -0.434. The fourth-order valence-corrected chi connectivity index (χ4v) is 1.77. The van der Waals surface area contributed by atoms with Crippen LogP contribution in [0, 0.1) is 18.6 Å². The van der Waals surface area contributed by atoms with Crippen molar-refractivity contribution in [3.05, 3.63) is 64.2 Å². The normalized spacial score (nSPS) is 10.4. The Morgan fingerprint density at radius 3 is 2.67 bits per heavy atom. The van der Waals surface area contributed by atoms with E-state index in [4.69, 9.17) is 16.3 Å². The minimum absolute atomic E-state index is 0.0319. The Kier molecular flexibility index (Phi) is 3.82. The van der Waals surface area contributed by atoms with Crippen LogP contribution in [-0.4, -0.2) is 0 Å². The van der Waals surface area contributed by atoms with Crippen molar-refractivity contribution in [3.8, 4) is 5.75 Å². The van der Waals surface area contributed by atoms with E-state index in [9.17, 15) is 8.78 Å². The largest absolute Gasteiger partial charge is 0.488 e. The summed E-state index contributed by atoms with van der Waals surface area (Å²) < 4.78 is 31.9. The van der Waals surface area contributed by atoms with Crippen LogP contribution in [-0.2, 0) is 6.61 Å². The van der Waals surface area contributed by atoms with Crippen molar-refractivity contribution in [2.45, 2.75) is 13.5 Å². The molecule has 18 heavy (non-hydrogen) atoms. The lowest BCUT2D eigenvalue weighted by atomic mass is 10.2. The fraction of sp³-hybridized carbons (Fsp3) is 0.143. The van der Waals surface area contributed by atoms with Gasteiger partial charge in [-0.15, -0.1) is 0 Å². The third-order valence-electron chi connectivity index (χ3n) is 2.58. The highest BCUT2D eigenvalue weighted by molar-refractivity contribution is 6.31. The molecule has 0 saturated carbocycles. The van der Waals surface area contributed by atoms with Gasteiger partial charge in [0.2, 0.25) is 0 Å². The summed E-state index contributed by atoms with van der Waals surface area (Å²) in [5.41, 5.74) is 1.05. The molecular weight excluding hydrogens is 258 g/mol. The summed E-state index contributed by atoms with van der Waals surface area (Å²) >= 11 is 5.87. The van der Waals surface area contributed by atoms with Gasteiger partial charge in [-0.05, 0) is 30.7 Å². The molecule has 2 aromatic carbocycles. The van der Waals surface area contributed by atoms with Gasteiger partial charge in [0.15, 0.2) is 0 Å². The molecule has 0 aromatic heterocycles. The summed E-state index contributed by atoms with van der Waals surface area (Å²) in [6, 6.07) is 8.63. The molecule has 0 atom stereocenters. The van der Waals surface area contributed by atoms with Gasteiger partial charge in [-0.3, -0.25) is 0 Å². The molecule has 0 N–H and O–H groups in total. The summed E-state index contributed by atoms with van der Waals surface area (Å²) in [6.45, 7) is 1.76. The molecule has 4 heteroatoms. The first-order valence-corrected chi connectivity index (χ1v) is 5.77. The molecule has 0 radical (unpaired) electrons. The van der Waals surface area contributed by atoms with Gasteiger partial charge in [0.05, 0.1) is 5.02 Å². The van der Waals surface area contributed by atoms with Crippen molar-refractivity contribution in [2.75, 3.05) is 0 Å². The Balaban J connectivity index is 2.19. The zero-order valence-electron chi connectivity index (χ0n) is 9.71. The first kappa shape index (κ1) is 12.8. The van der Waals surface area contributed by atoms with Crippen LogP contribution in [0.4, 0.5) is 8.78 Å². The van der Waals surface area contributed by atoms with Gasteiger partial charge in [0, 0.05) is 11.6 Å². The van der Waals surface area contributed by atoms with Crippen LogP contribution in [0.3, 0.4) is 0 Å². The van der Waals surface area contributed by atoms with E-state index in [-0.39, 0.29) is 12.2 Å². The molecule has 0 aliphatic heterocycles. The monoisotopic (exact) mass is 268 g/mol. The second-order valence-corrected chi connectivity index (χ2v) is 4.31. The van der Waals surface area contributed by atoms with Crippen LogP contribution in [0.5, 0.6) is 5.75 Å². The maximum atomic E-state index is 13.5. The van der Waals surface area contributed by atoms with Crippen molar-refractivity contribution in [1.29, 1.82) is 0 Å². The summed E-state index contributed by atoms with van der Waals surface area (Å²) in [7, 11) is 0. The van der Waals surface area contributed by atoms with Crippen molar-refractivity contribution in [1.82, 2.24) is 0 Å². The number of hydrogen-bond donors (Lipinski definition) is 0. The predicted octanol–water partition coefficient (Wildman–Crippen LogP) is 4.51. The van der Waals surface area contributed by atoms with Gasteiger partial charge in [-0.2, -0.15) is 0 Å². The first-order chi connectivity index (χ1) is 8.58. The van der Waals surface area contributed by atoms with E-state index in [0.717, 1.165) is 5.56 Å². The smallest absolute Gasteiger partial charge is 0.131 e. The molecule has 0 saturated heterocycles. The first-order valence-electron chi connectivity index (χ1n) is 5.40. The van der Waals surface area contributed by atoms with Crippen LogP contribution in [0.1, 0.15) is 11.1 Å². The van der Waals surface area contributed by atoms with Gasteiger partial charge in [0.25, 0.3) is 0 Å². The molecule has 2 aromatic rings. The minimum Gasteiger partial charge on any atom is -0.488 e. The highest BCUT2D eigenvalue weighted by atomic mass is 35.5. The van der Waals surface area contributed by atoms with Gasteiger partial charge in [-0.25, -0.2) is 8.78 Å². The van der Waals surface area contributed by atoms with E-state index in [1.807, 2.05) is 0 Å². The number of ether oxygens (including phenoxy) is 1. The van der Waals surface area contributed by atoms with Gasteiger partial charge < -0.3 is 4.74 Å². The Morgan fingerprint density at radius 1 is 1.17 bits per heavy atom. The molecule has 1 nitrogen and oxygen atoms in total. The van der Waals surface area contributed by atoms with Crippen molar-refractivity contribution in [2.24, 2.45) is 0 Å². The van der Waals surface area contributed by atoms with E-state index < -0.39 is 11.6 Å². The molecule has 94 valence electrons. The van der Waals surface area contributed by atoms with Crippen LogP contribution in [0.25, 0.3) is 0 Å². The quantitative estimate of drug-likeness (QED) is 0.796. The van der Waals surface area contributed by atoms with Crippen LogP contribution < -0.4 is 4.74 Å². The molecule has 0 fully saturated rings. The molecule has 0 heterocycles. The summed E-state index contributed by atoms with van der Waals surface area (Å²) in [5, 5.41) is 0.295. The average molecular weight is 269 g/mol. The predicted molar refractivity (Wildman–Crippen MR) is 66.9 cm³/mol. The molecule has 0 aliphatic carbocycles. The Morgan fingerprint density at radius 2 is 1.94 bits per heavy atom. The van der Waals surface area contributed by atoms with E-state index in [1.54, 1.807) is 19.1 Å². The Hall–Kier alpha value is -1.61. The van der Waals surface area contributed by atoms with Crippen molar-refractivity contribution in [3.63, 3.8) is 0 Å². The zero-order chi connectivity index (χ0) is 13.1. The van der Waals surface area contributed by atoms with Crippen LogP contribution in [0.15, 0.2) is 36.4 Å². The lowest BCUT2D eigenvalue weighted by molar-refractivity contribution is 0.296. The number of aryl methyl sites for hydroxylation is 1. The van der Waals surface area contributed by atoms with E-state index in [1.165, 1.54) is 24.3 Å². The maximum Gasteiger partial charge on any atom is 0.131 e. The highest BCUT2D eigenvalue weighted by Crippen LogP contribution is 2.24. The van der Waals surface area contributed by atoms with Gasteiger partial charge >= 0.3 is 0 Å². The third kappa shape index (κ3) is 2.79. The second kappa shape index (κ2) is 5.36. The third-order valence-corrected chi connectivity index (χ3v) is 2.94. The highest BCUT2D eigenvalue weighted by Gasteiger charge is 2.09. The molecule has 0 amide bonds. The molecular formula is C14H11ClF2O.